The average Bonchev–Trinajstić information content (AvgIpc) is 3.08. The van der Waals surface area contributed by atoms with Crippen molar-refractivity contribution in [2.24, 2.45) is 0 Å². The van der Waals surface area contributed by atoms with E-state index in [-0.39, 0.29) is 12.0 Å². The first-order valence-corrected chi connectivity index (χ1v) is 17.3. The van der Waals surface area contributed by atoms with Crippen molar-refractivity contribution >= 4 is 29.3 Å². The van der Waals surface area contributed by atoms with Crippen LogP contribution in [0.25, 0.3) is 11.1 Å². The highest BCUT2D eigenvalue weighted by Crippen LogP contribution is 2.28. The topological polar surface area (TPSA) is 109 Å². The Morgan fingerprint density at radius 1 is 0.918 bits per heavy atom. The van der Waals surface area contributed by atoms with E-state index in [0.717, 1.165) is 80.8 Å². The molecule has 0 unspecified atom stereocenters. The third kappa shape index (κ3) is 12.1. The van der Waals surface area contributed by atoms with Crippen molar-refractivity contribution in [3.05, 3.63) is 78.4 Å². The Hall–Kier alpha value is -4.57. The average molecular weight is 673 g/mol. The fourth-order valence-corrected chi connectivity index (χ4v) is 5.72. The maximum atomic E-state index is 12.7. The lowest BCUT2D eigenvalue weighted by Crippen LogP contribution is -2.42. The fourth-order valence-electron chi connectivity index (χ4n) is 5.72. The number of ether oxygens (including phenoxy) is 3. The van der Waals surface area contributed by atoms with Gasteiger partial charge in [0, 0.05) is 63.5 Å². The Bertz CT molecular complexity index is 1520. The number of rotatable bonds is 15. The summed E-state index contributed by atoms with van der Waals surface area (Å²) in [6, 6.07) is 23.1. The summed E-state index contributed by atoms with van der Waals surface area (Å²) in [5.74, 6) is 0.208. The lowest BCUT2D eigenvalue weighted by atomic mass is 10.0. The molecule has 264 valence electrons. The molecule has 1 fully saturated rings. The van der Waals surface area contributed by atoms with Crippen LogP contribution in [0.1, 0.15) is 69.7 Å². The largest absolute Gasteiger partial charge is 0.496 e. The summed E-state index contributed by atoms with van der Waals surface area (Å²) in [5.41, 5.74) is 3.39. The quantitative estimate of drug-likeness (QED) is 0.127. The molecule has 0 saturated carbocycles. The van der Waals surface area contributed by atoms with Gasteiger partial charge in [0.2, 0.25) is 5.91 Å². The zero-order valence-electron chi connectivity index (χ0n) is 29.6. The molecule has 1 aliphatic heterocycles. The number of carbonyl (C=O) groups excluding carboxylic acids is 3. The molecule has 0 aromatic heterocycles. The summed E-state index contributed by atoms with van der Waals surface area (Å²) in [4.78, 5) is 42.1. The zero-order valence-corrected chi connectivity index (χ0v) is 29.6. The zero-order chi connectivity index (χ0) is 35.2. The molecule has 0 aliphatic carbocycles. The maximum absolute atomic E-state index is 12.7. The van der Waals surface area contributed by atoms with Crippen LogP contribution in [-0.4, -0.2) is 86.4 Å². The second-order valence-electron chi connectivity index (χ2n) is 13.5. The Morgan fingerprint density at radius 2 is 1.63 bits per heavy atom. The molecule has 49 heavy (non-hydrogen) atoms. The molecule has 3 aromatic carbocycles. The minimum Gasteiger partial charge on any atom is -0.496 e. The monoisotopic (exact) mass is 672 g/mol. The normalized spacial score (nSPS) is 13.7. The number of piperidine rings is 1. The van der Waals surface area contributed by atoms with Crippen LogP contribution in [0, 0.1) is 0 Å². The number of para-hydroxylation sites is 1. The summed E-state index contributed by atoms with van der Waals surface area (Å²) >= 11 is 0. The molecule has 2 N–H and O–H groups in total. The maximum Gasteiger partial charge on any atom is 0.411 e. The molecule has 10 nitrogen and oxygen atoms in total. The number of hydrogen-bond donors (Lipinski definition) is 2. The van der Waals surface area contributed by atoms with E-state index >= 15 is 0 Å². The van der Waals surface area contributed by atoms with Crippen LogP contribution in [0.2, 0.25) is 0 Å². The Balaban J connectivity index is 1.07. The molecule has 0 bridgehead atoms. The van der Waals surface area contributed by atoms with Crippen molar-refractivity contribution in [1.82, 2.24) is 9.80 Å². The van der Waals surface area contributed by atoms with E-state index in [1.165, 1.54) is 7.11 Å². The van der Waals surface area contributed by atoms with Crippen LogP contribution in [0.15, 0.2) is 72.8 Å². The molecular formula is C39H52N4O6. The summed E-state index contributed by atoms with van der Waals surface area (Å²) in [6.45, 7) is 9.36. The Labute approximate surface area is 291 Å². The number of likely N-dealkylation sites (N-methyl/N-ethyl adjacent to an activating group) is 1. The highest BCUT2D eigenvalue weighted by molar-refractivity contribution is 5.93. The number of nitrogens with zero attached hydrogens (tertiary/aromatic N) is 2. The molecule has 0 atom stereocenters. The van der Waals surface area contributed by atoms with Gasteiger partial charge in [-0.2, -0.15) is 0 Å². The molecule has 3 aromatic rings. The summed E-state index contributed by atoms with van der Waals surface area (Å²) in [7, 11) is 3.40. The van der Waals surface area contributed by atoms with Gasteiger partial charge >= 0.3 is 12.1 Å². The highest BCUT2D eigenvalue weighted by atomic mass is 16.6. The van der Waals surface area contributed by atoms with Crippen molar-refractivity contribution in [1.29, 1.82) is 0 Å². The van der Waals surface area contributed by atoms with Gasteiger partial charge in [0.1, 0.15) is 23.0 Å². The molecule has 1 aliphatic rings. The number of amides is 2. The fraction of sp³-hybridized carbons (Fsp3) is 0.462. The van der Waals surface area contributed by atoms with Crippen LogP contribution in [0.4, 0.5) is 16.2 Å². The first kappa shape index (κ1) is 37.3. The van der Waals surface area contributed by atoms with Gasteiger partial charge in [0.15, 0.2) is 0 Å². The minimum atomic E-state index is -0.581. The number of hydrogen-bond acceptors (Lipinski definition) is 8. The lowest BCUT2D eigenvalue weighted by Gasteiger charge is -2.32. The van der Waals surface area contributed by atoms with Gasteiger partial charge in [-0.15, -0.1) is 0 Å². The number of likely N-dealkylation sites (tertiary alicyclic amines) is 1. The van der Waals surface area contributed by atoms with Crippen LogP contribution < -0.4 is 15.4 Å². The third-order valence-corrected chi connectivity index (χ3v) is 8.45. The van der Waals surface area contributed by atoms with Crippen molar-refractivity contribution in [2.45, 2.75) is 71.0 Å². The van der Waals surface area contributed by atoms with Crippen molar-refractivity contribution in [3.8, 4) is 16.9 Å². The van der Waals surface area contributed by atoms with Gasteiger partial charge in [-0.3, -0.25) is 10.1 Å². The molecule has 2 amide bonds. The van der Waals surface area contributed by atoms with Gasteiger partial charge in [-0.25, -0.2) is 9.59 Å². The molecule has 0 spiro atoms. The second kappa shape index (κ2) is 18.3. The second-order valence-corrected chi connectivity index (χ2v) is 13.5. The number of anilines is 2. The van der Waals surface area contributed by atoms with Crippen LogP contribution in [0.5, 0.6) is 5.75 Å². The number of esters is 1. The Morgan fingerprint density at radius 3 is 2.35 bits per heavy atom. The summed E-state index contributed by atoms with van der Waals surface area (Å²) < 4.78 is 16.7. The predicted molar refractivity (Wildman–Crippen MR) is 194 cm³/mol. The number of carbonyl (C=O) groups is 3. The van der Waals surface area contributed by atoms with Crippen LogP contribution >= 0.6 is 0 Å². The van der Waals surface area contributed by atoms with Crippen molar-refractivity contribution < 1.29 is 28.6 Å². The molecule has 4 rings (SSSR count). The molecule has 10 heteroatoms. The van der Waals surface area contributed by atoms with Gasteiger partial charge in [-0.05, 0) is 70.2 Å². The van der Waals surface area contributed by atoms with Crippen molar-refractivity contribution in [2.75, 3.05) is 57.5 Å². The van der Waals surface area contributed by atoms with E-state index in [2.05, 4.69) is 15.5 Å². The van der Waals surface area contributed by atoms with E-state index in [9.17, 15) is 14.4 Å². The van der Waals surface area contributed by atoms with Gasteiger partial charge in [0.05, 0.1) is 12.8 Å². The standard InChI is InChI=1S/C39H52N4O6/c1-39(2,3)49-37(45)33-20-19-30(28-35(33)47-5)40-23-13-7-10-18-36(44)42(4)26-27-43-24-21-31(22-25-43)48-38(46)41-34-17-12-11-16-32(34)29-14-8-6-9-15-29/h6,8-9,11-12,14-17,19-20,28,31,40H,7,10,13,18,21-27H2,1-5H3,(H,41,46). The molecule has 1 heterocycles. The molecule has 1 saturated heterocycles. The number of unbranched alkanes of at least 4 members (excludes halogenated alkanes) is 2. The number of methoxy groups -OCH3 is 1. The van der Waals surface area contributed by atoms with Gasteiger partial charge in [-0.1, -0.05) is 55.0 Å². The third-order valence-electron chi connectivity index (χ3n) is 8.45. The molecular weight excluding hydrogens is 620 g/mol. The minimum absolute atomic E-state index is 0.132. The molecule has 0 radical (unpaired) electrons. The van der Waals surface area contributed by atoms with Crippen molar-refractivity contribution in [3.63, 3.8) is 0 Å². The lowest BCUT2D eigenvalue weighted by molar-refractivity contribution is -0.130. The van der Waals surface area contributed by atoms with Gasteiger partial charge < -0.3 is 29.3 Å². The number of benzene rings is 3. The van der Waals surface area contributed by atoms with Crippen LogP contribution in [0.3, 0.4) is 0 Å². The van der Waals surface area contributed by atoms with E-state index in [1.54, 1.807) is 12.1 Å². The summed E-state index contributed by atoms with van der Waals surface area (Å²) in [6.07, 6.45) is 4.16. The van der Waals surface area contributed by atoms with E-state index in [1.807, 2.05) is 93.4 Å². The van der Waals surface area contributed by atoms with E-state index in [4.69, 9.17) is 14.2 Å². The van der Waals surface area contributed by atoms with E-state index in [0.29, 0.717) is 24.3 Å². The first-order valence-electron chi connectivity index (χ1n) is 17.3. The first-order chi connectivity index (χ1) is 23.5. The number of nitrogens with one attached hydrogen (secondary N) is 2. The Kier molecular flexibility index (Phi) is 13.9. The van der Waals surface area contributed by atoms with E-state index < -0.39 is 17.7 Å². The highest BCUT2D eigenvalue weighted by Gasteiger charge is 2.24. The van der Waals surface area contributed by atoms with Crippen LogP contribution in [-0.2, 0) is 14.3 Å². The summed E-state index contributed by atoms with van der Waals surface area (Å²) in [5, 5.41) is 6.30. The smallest absolute Gasteiger partial charge is 0.411 e. The van der Waals surface area contributed by atoms with Gasteiger partial charge in [0.25, 0.3) is 0 Å². The predicted octanol–water partition coefficient (Wildman–Crippen LogP) is 7.46. The SMILES string of the molecule is COc1cc(NCCCCCC(=O)N(C)CCN2CCC(OC(=O)Nc3ccccc3-c3ccccc3)CC2)ccc1C(=O)OC(C)(C)C.